The fourth-order valence-electron chi connectivity index (χ4n) is 8.14. The zero-order valence-corrected chi connectivity index (χ0v) is 28.7. The minimum absolute atomic E-state index is 0.0678. The molecule has 10 heteroatoms. The quantitative estimate of drug-likeness (QED) is 0.356. The Labute approximate surface area is 286 Å². The number of carbonyl (C=O) groups is 3. The zero-order valence-electron chi connectivity index (χ0n) is 28.7. The second-order valence-corrected chi connectivity index (χ2v) is 13.9. The van der Waals surface area contributed by atoms with Crippen LogP contribution in [-0.4, -0.2) is 122 Å². The number of amides is 3. The fraction of sp³-hybridized carbons (Fsp3) is 0.605. The molecule has 2 aromatic rings. The molecule has 2 aromatic carbocycles. The molecule has 1 aliphatic carbocycles. The van der Waals surface area contributed by atoms with E-state index in [4.69, 9.17) is 4.74 Å². The number of anilines is 1. The van der Waals surface area contributed by atoms with Crippen LogP contribution in [0.1, 0.15) is 60.8 Å². The molecule has 0 saturated carbocycles. The number of ether oxygens (including phenoxy) is 1. The largest absolute Gasteiger partial charge is 0.436 e. The fourth-order valence-corrected chi connectivity index (χ4v) is 8.14. The first-order valence-electron chi connectivity index (χ1n) is 18.3. The van der Waals surface area contributed by atoms with Gasteiger partial charge in [-0.3, -0.25) is 14.5 Å². The van der Waals surface area contributed by atoms with Crippen LogP contribution in [0.5, 0.6) is 0 Å². The lowest BCUT2D eigenvalue weighted by Crippen LogP contribution is -2.54. The van der Waals surface area contributed by atoms with E-state index in [1.807, 2.05) is 35.0 Å². The molecule has 48 heavy (non-hydrogen) atoms. The van der Waals surface area contributed by atoms with Gasteiger partial charge < -0.3 is 30.1 Å². The van der Waals surface area contributed by atoms with Gasteiger partial charge in [-0.05, 0) is 86.1 Å². The molecule has 0 radical (unpaired) electrons. The maximum Gasteiger partial charge on any atom is 0.410 e. The topological polar surface area (TPSA) is 97.5 Å². The van der Waals surface area contributed by atoms with Crippen LogP contribution in [0.4, 0.5) is 10.5 Å². The molecule has 0 bridgehead atoms. The van der Waals surface area contributed by atoms with Crippen molar-refractivity contribution in [2.75, 3.05) is 71.3 Å². The number of hydrogen-bond donors (Lipinski definition) is 2. The highest BCUT2D eigenvalue weighted by atomic mass is 16.6. The first kappa shape index (κ1) is 34.2. The van der Waals surface area contributed by atoms with Crippen molar-refractivity contribution >= 4 is 24.1 Å². The van der Waals surface area contributed by atoms with Crippen molar-refractivity contribution in [3.63, 3.8) is 0 Å². The number of nitrogens with one attached hydrogen (secondary N) is 2. The SMILES string of the molecule is CNc1ccccc1CCN(C=O)C1CCN(C(=O)O[C@H](Cc2ccc3c(c2)CCCC3)C(=O)N2CCC(N3CCNCC3)CC2)CC1. The van der Waals surface area contributed by atoms with E-state index in [0.29, 0.717) is 58.0 Å². The summed E-state index contributed by atoms with van der Waals surface area (Å²) in [5.74, 6) is -0.0799. The number of fused-ring (bicyclic) bond motifs is 1. The van der Waals surface area contributed by atoms with Gasteiger partial charge in [0, 0.05) is 90.1 Å². The molecule has 3 saturated heterocycles. The molecule has 2 N–H and O–H groups in total. The van der Waals surface area contributed by atoms with Crippen LogP contribution in [0.2, 0.25) is 0 Å². The Morgan fingerprint density at radius 1 is 0.938 bits per heavy atom. The number of hydrogen-bond acceptors (Lipinski definition) is 7. The second-order valence-electron chi connectivity index (χ2n) is 13.9. The first-order valence-corrected chi connectivity index (χ1v) is 18.3. The van der Waals surface area contributed by atoms with Gasteiger partial charge in [-0.1, -0.05) is 36.4 Å². The van der Waals surface area contributed by atoms with Gasteiger partial charge in [0.25, 0.3) is 5.91 Å². The number of piperidine rings is 2. The predicted octanol–water partition coefficient (Wildman–Crippen LogP) is 3.72. The summed E-state index contributed by atoms with van der Waals surface area (Å²) >= 11 is 0. The Hall–Kier alpha value is -3.63. The highest BCUT2D eigenvalue weighted by Crippen LogP contribution is 2.25. The van der Waals surface area contributed by atoms with Crippen molar-refractivity contribution in [1.82, 2.24) is 24.9 Å². The van der Waals surface area contributed by atoms with Crippen molar-refractivity contribution in [2.24, 2.45) is 0 Å². The average molecular weight is 659 g/mol. The normalized spacial score (nSPS) is 20.1. The predicted molar refractivity (Wildman–Crippen MR) is 188 cm³/mol. The highest BCUT2D eigenvalue weighted by Gasteiger charge is 2.35. The maximum atomic E-state index is 14.1. The van der Waals surface area contributed by atoms with Gasteiger partial charge >= 0.3 is 6.09 Å². The van der Waals surface area contributed by atoms with Gasteiger partial charge in [0.1, 0.15) is 0 Å². The first-order chi connectivity index (χ1) is 23.5. The van der Waals surface area contributed by atoms with Crippen LogP contribution in [0, 0.1) is 0 Å². The third kappa shape index (κ3) is 8.50. The van der Waals surface area contributed by atoms with E-state index in [9.17, 15) is 14.4 Å². The van der Waals surface area contributed by atoms with Crippen LogP contribution in [0.15, 0.2) is 42.5 Å². The Kier molecular flexibility index (Phi) is 11.9. The molecule has 1 atom stereocenters. The summed E-state index contributed by atoms with van der Waals surface area (Å²) in [4.78, 5) is 47.9. The molecule has 6 rings (SSSR count). The van der Waals surface area contributed by atoms with E-state index < -0.39 is 12.2 Å². The number of carbonyl (C=O) groups excluding carboxylic acids is 3. The Morgan fingerprint density at radius 3 is 2.38 bits per heavy atom. The van der Waals surface area contributed by atoms with Crippen LogP contribution >= 0.6 is 0 Å². The van der Waals surface area contributed by atoms with E-state index in [2.05, 4.69) is 39.8 Å². The van der Waals surface area contributed by atoms with E-state index in [1.165, 1.54) is 29.5 Å². The molecular formula is C38H54N6O4. The lowest BCUT2D eigenvalue weighted by molar-refractivity contribution is -0.142. The summed E-state index contributed by atoms with van der Waals surface area (Å²) in [7, 11) is 1.91. The molecule has 3 fully saturated rings. The van der Waals surface area contributed by atoms with Crippen molar-refractivity contribution in [3.8, 4) is 0 Å². The molecule has 3 heterocycles. The van der Waals surface area contributed by atoms with Crippen LogP contribution in [-0.2, 0) is 40.0 Å². The Bertz CT molecular complexity index is 1380. The van der Waals surface area contributed by atoms with Gasteiger partial charge in [0.05, 0.1) is 0 Å². The van der Waals surface area contributed by atoms with Crippen LogP contribution < -0.4 is 10.6 Å². The van der Waals surface area contributed by atoms with Crippen molar-refractivity contribution in [3.05, 3.63) is 64.7 Å². The molecule has 4 aliphatic rings. The average Bonchev–Trinajstić information content (AvgIpc) is 3.15. The van der Waals surface area contributed by atoms with Gasteiger partial charge in [-0.25, -0.2) is 4.79 Å². The summed E-state index contributed by atoms with van der Waals surface area (Å²) in [6, 6.07) is 15.3. The van der Waals surface area contributed by atoms with Gasteiger partial charge in [-0.15, -0.1) is 0 Å². The van der Waals surface area contributed by atoms with E-state index >= 15 is 0 Å². The summed E-state index contributed by atoms with van der Waals surface area (Å²) in [6.45, 7) is 7.16. The number of benzene rings is 2. The van der Waals surface area contributed by atoms with Crippen molar-refractivity contribution in [1.29, 1.82) is 0 Å². The van der Waals surface area contributed by atoms with Gasteiger partial charge in [-0.2, -0.15) is 0 Å². The smallest absolute Gasteiger partial charge is 0.410 e. The summed E-state index contributed by atoms with van der Waals surface area (Å²) < 4.78 is 6.14. The molecule has 3 amide bonds. The van der Waals surface area contributed by atoms with Crippen molar-refractivity contribution < 1.29 is 19.1 Å². The van der Waals surface area contributed by atoms with Gasteiger partial charge in [0.2, 0.25) is 6.41 Å². The number of para-hydroxylation sites is 1. The third-order valence-electron chi connectivity index (χ3n) is 11.0. The summed E-state index contributed by atoms with van der Waals surface area (Å²) in [6.07, 6.45) is 8.67. The number of nitrogens with zero attached hydrogens (tertiary/aromatic N) is 4. The zero-order chi connectivity index (χ0) is 33.3. The Balaban J connectivity index is 1.07. The van der Waals surface area contributed by atoms with Crippen LogP contribution in [0.3, 0.4) is 0 Å². The number of rotatable bonds is 11. The minimum Gasteiger partial charge on any atom is -0.436 e. The van der Waals surface area contributed by atoms with Crippen LogP contribution in [0.25, 0.3) is 0 Å². The monoisotopic (exact) mass is 658 g/mol. The summed E-state index contributed by atoms with van der Waals surface area (Å²) in [5, 5.41) is 6.66. The standard InChI is InChI=1S/C38H54N6O4/c1-39-35-9-5-4-7-31(35)12-19-44(28-45)34-15-22-43(23-16-34)38(47)48-36(27-29-10-11-30-6-2-3-8-32(30)26-29)37(46)42-20-13-33(14-21-42)41-24-17-40-18-25-41/h4-5,7,9-11,26,28,33-34,36,39-40H,2-3,6,8,12-25,27H2,1H3/t36-/m1/s1. The molecule has 10 nitrogen and oxygen atoms in total. The van der Waals surface area contributed by atoms with E-state index in [0.717, 1.165) is 75.9 Å². The molecule has 260 valence electrons. The van der Waals surface area contributed by atoms with Crippen molar-refractivity contribution in [2.45, 2.75) is 82.4 Å². The maximum absolute atomic E-state index is 14.1. The molecular weight excluding hydrogens is 604 g/mol. The molecule has 3 aliphatic heterocycles. The molecule has 0 spiro atoms. The minimum atomic E-state index is -0.855. The van der Waals surface area contributed by atoms with Gasteiger partial charge in [0.15, 0.2) is 6.10 Å². The lowest BCUT2D eigenvalue weighted by atomic mass is 9.89. The lowest BCUT2D eigenvalue weighted by Gasteiger charge is -2.41. The Morgan fingerprint density at radius 2 is 1.65 bits per heavy atom. The number of likely N-dealkylation sites (tertiary alicyclic amines) is 2. The molecule has 0 unspecified atom stereocenters. The second kappa shape index (κ2) is 16.7. The third-order valence-corrected chi connectivity index (χ3v) is 11.0. The highest BCUT2D eigenvalue weighted by molar-refractivity contribution is 5.84. The summed E-state index contributed by atoms with van der Waals surface area (Å²) in [5.41, 5.74) is 6.07. The number of piperazine rings is 1. The van der Waals surface area contributed by atoms with E-state index in [-0.39, 0.29) is 11.9 Å². The van der Waals surface area contributed by atoms with E-state index in [1.54, 1.807) is 4.90 Å². The molecule has 0 aromatic heterocycles. The number of aryl methyl sites for hydroxylation is 2.